The summed E-state index contributed by atoms with van der Waals surface area (Å²) in [6.45, 7) is 2.71. The summed E-state index contributed by atoms with van der Waals surface area (Å²) in [5.41, 5.74) is -3.10. The van der Waals surface area contributed by atoms with Crippen LogP contribution in [0.15, 0.2) is 0 Å². The number of benzene rings is 1. The van der Waals surface area contributed by atoms with Crippen LogP contribution in [0, 0.1) is 23.3 Å². The molecule has 0 aliphatic heterocycles. The normalized spacial score (nSPS) is 10.7. The van der Waals surface area contributed by atoms with Crippen molar-refractivity contribution in [3.63, 3.8) is 0 Å². The van der Waals surface area contributed by atoms with Gasteiger partial charge in [-0.05, 0) is 13.8 Å². The lowest BCUT2D eigenvalue weighted by atomic mass is 10.1. The van der Waals surface area contributed by atoms with Crippen molar-refractivity contribution >= 4 is 11.9 Å². The van der Waals surface area contributed by atoms with E-state index >= 15 is 0 Å². The Hall–Kier alpha value is -2.12. The minimum Gasteiger partial charge on any atom is -0.478 e. The Bertz CT molecular complexity index is 554. The molecule has 0 saturated heterocycles. The van der Waals surface area contributed by atoms with E-state index in [1.54, 1.807) is 0 Å². The molecule has 0 radical (unpaired) electrons. The number of halogens is 4. The monoisotopic (exact) mass is 280 g/mol. The van der Waals surface area contributed by atoms with E-state index in [1.165, 1.54) is 13.8 Å². The molecule has 1 aromatic carbocycles. The number of hydrogen-bond acceptors (Lipinski definition) is 3. The van der Waals surface area contributed by atoms with E-state index in [1.807, 2.05) is 0 Å². The Morgan fingerprint density at radius 3 is 1.74 bits per heavy atom. The third kappa shape index (κ3) is 2.67. The molecule has 0 fully saturated rings. The van der Waals surface area contributed by atoms with E-state index in [4.69, 9.17) is 5.11 Å². The molecule has 1 aromatic rings. The lowest BCUT2D eigenvalue weighted by molar-refractivity contribution is 0.0362. The van der Waals surface area contributed by atoms with Crippen LogP contribution < -0.4 is 0 Å². The van der Waals surface area contributed by atoms with Crippen molar-refractivity contribution in [3.05, 3.63) is 34.4 Å². The van der Waals surface area contributed by atoms with Gasteiger partial charge in [0.2, 0.25) is 0 Å². The lowest BCUT2D eigenvalue weighted by Gasteiger charge is -2.12. The first-order chi connectivity index (χ1) is 8.68. The molecule has 1 N–H and O–H groups in total. The summed E-state index contributed by atoms with van der Waals surface area (Å²) >= 11 is 0. The average molecular weight is 280 g/mol. The van der Waals surface area contributed by atoms with E-state index in [0.29, 0.717) is 0 Å². The summed E-state index contributed by atoms with van der Waals surface area (Å²) in [6, 6.07) is 0. The van der Waals surface area contributed by atoms with Crippen LogP contribution in [0.2, 0.25) is 0 Å². The fourth-order valence-corrected chi connectivity index (χ4v) is 1.30. The van der Waals surface area contributed by atoms with Gasteiger partial charge in [0.15, 0.2) is 23.3 Å². The molecule has 0 amide bonds. The van der Waals surface area contributed by atoms with Crippen LogP contribution in [-0.2, 0) is 4.74 Å². The summed E-state index contributed by atoms with van der Waals surface area (Å²) < 4.78 is 57.1. The molecule has 0 atom stereocenters. The van der Waals surface area contributed by atoms with Crippen LogP contribution in [0.1, 0.15) is 34.6 Å². The highest BCUT2D eigenvalue weighted by atomic mass is 19.2. The van der Waals surface area contributed by atoms with Gasteiger partial charge >= 0.3 is 11.9 Å². The summed E-state index contributed by atoms with van der Waals surface area (Å²) in [5, 5.41) is 8.67. The highest BCUT2D eigenvalue weighted by Crippen LogP contribution is 2.25. The van der Waals surface area contributed by atoms with Gasteiger partial charge in [0.05, 0.1) is 6.10 Å². The number of ether oxygens (including phenoxy) is 1. The predicted octanol–water partition coefficient (Wildman–Crippen LogP) is 2.51. The van der Waals surface area contributed by atoms with Crippen LogP contribution >= 0.6 is 0 Å². The van der Waals surface area contributed by atoms with Crippen molar-refractivity contribution in [2.75, 3.05) is 0 Å². The molecule has 0 heterocycles. The van der Waals surface area contributed by atoms with Crippen LogP contribution in [-0.4, -0.2) is 23.1 Å². The van der Waals surface area contributed by atoms with Crippen molar-refractivity contribution in [1.82, 2.24) is 0 Å². The quantitative estimate of drug-likeness (QED) is 0.400. The maximum Gasteiger partial charge on any atom is 0.342 e. The van der Waals surface area contributed by atoms with Crippen molar-refractivity contribution in [1.29, 1.82) is 0 Å². The lowest BCUT2D eigenvalue weighted by Crippen LogP contribution is -2.21. The molecule has 0 saturated carbocycles. The molecule has 0 unspecified atom stereocenters. The second kappa shape index (κ2) is 5.25. The second-order valence-corrected chi connectivity index (χ2v) is 3.77. The Morgan fingerprint density at radius 2 is 1.37 bits per heavy atom. The largest absolute Gasteiger partial charge is 0.478 e. The zero-order chi connectivity index (χ0) is 14.9. The first-order valence-electron chi connectivity index (χ1n) is 4.98. The predicted molar refractivity (Wildman–Crippen MR) is 53.8 cm³/mol. The molecule has 19 heavy (non-hydrogen) atoms. The topological polar surface area (TPSA) is 63.6 Å². The third-order valence-electron chi connectivity index (χ3n) is 2.03. The number of esters is 1. The second-order valence-electron chi connectivity index (χ2n) is 3.77. The van der Waals surface area contributed by atoms with Gasteiger partial charge in [-0.2, -0.15) is 0 Å². The van der Waals surface area contributed by atoms with Crippen LogP contribution in [0.25, 0.3) is 0 Å². The van der Waals surface area contributed by atoms with E-state index in [0.717, 1.165) is 0 Å². The molecular formula is C11H8F4O4. The smallest absolute Gasteiger partial charge is 0.342 e. The average Bonchev–Trinajstić information content (AvgIpc) is 2.29. The zero-order valence-corrected chi connectivity index (χ0v) is 9.76. The fraction of sp³-hybridized carbons (Fsp3) is 0.273. The molecular weight excluding hydrogens is 272 g/mol. The Labute approximate surface area is 104 Å². The zero-order valence-electron chi connectivity index (χ0n) is 9.76. The fourth-order valence-electron chi connectivity index (χ4n) is 1.30. The first kappa shape index (κ1) is 14.9. The third-order valence-corrected chi connectivity index (χ3v) is 2.03. The Balaban J connectivity index is 3.61. The van der Waals surface area contributed by atoms with Gasteiger partial charge in [-0.1, -0.05) is 0 Å². The molecule has 104 valence electrons. The molecule has 0 aromatic heterocycles. The van der Waals surface area contributed by atoms with E-state index in [2.05, 4.69) is 4.74 Å². The SMILES string of the molecule is CC(C)OC(=O)c1c(F)c(F)c(F)c(F)c1C(=O)O. The summed E-state index contributed by atoms with van der Waals surface area (Å²) in [4.78, 5) is 22.2. The number of rotatable bonds is 3. The highest BCUT2D eigenvalue weighted by molar-refractivity contribution is 6.02. The molecule has 0 spiro atoms. The van der Waals surface area contributed by atoms with Crippen LogP contribution in [0.5, 0.6) is 0 Å². The molecule has 4 nitrogen and oxygen atoms in total. The number of carbonyl (C=O) groups is 2. The summed E-state index contributed by atoms with van der Waals surface area (Å²) in [6.07, 6.45) is -0.787. The van der Waals surface area contributed by atoms with Gasteiger partial charge in [-0.25, -0.2) is 27.2 Å². The summed E-state index contributed by atoms with van der Waals surface area (Å²) in [7, 11) is 0. The van der Waals surface area contributed by atoms with Gasteiger partial charge in [0.1, 0.15) is 11.1 Å². The van der Waals surface area contributed by atoms with Crippen molar-refractivity contribution in [3.8, 4) is 0 Å². The highest BCUT2D eigenvalue weighted by Gasteiger charge is 2.33. The summed E-state index contributed by atoms with van der Waals surface area (Å²) in [5.74, 6) is -12.6. The van der Waals surface area contributed by atoms with Crippen molar-refractivity contribution in [2.24, 2.45) is 0 Å². The Kier molecular flexibility index (Phi) is 4.13. The Morgan fingerprint density at radius 1 is 0.947 bits per heavy atom. The maximum absolute atomic E-state index is 13.4. The van der Waals surface area contributed by atoms with Gasteiger partial charge in [-0.3, -0.25) is 0 Å². The standard InChI is InChI=1S/C11H8F4O4/c1-3(2)19-11(18)5-4(10(16)17)6(12)8(14)9(15)7(5)13/h3H,1-2H3,(H,16,17). The molecule has 0 aliphatic rings. The number of hydrogen-bond donors (Lipinski definition) is 1. The van der Waals surface area contributed by atoms with Gasteiger partial charge < -0.3 is 9.84 Å². The van der Waals surface area contributed by atoms with Gasteiger partial charge in [-0.15, -0.1) is 0 Å². The van der Waals surface area contributed by atoms with Crippen LogP contribution in [0.3, 0.4) is 0 Å². The minimum absolute atomic E-state index is 0.787. The van der Waals surface area contributed by atoms with Gasteiger partial charge in [0, 0.05) is 0 Å². The number of carboxylic acid groups (broad SMARTS) is 1. The van der Waals surface area contributed by atoms with E-state index < -0.39 is 52.4 Å². The van der Waals surface area contributed by atoms with Crippen LogP contribution in [0.4, 0.5) is 17.6 Å². The van der Waals surface area contributed by atoms with Crippen molar-refractivity contribution in [2.45, 2.75) is 20.0 Å². The molecule has 1 rings (SSSR count). The molecule has 0 aliphatic carbocycles. The maximum atomic E-state index is 13.4. The first-order valence-corrected chi connectivity index (χ1v) is 4.98. The van der Waals surface area contributed by atoms with Crippen molar-refractivity contribution < 1.29 is 37.0 Å². The van der Waals surface area contributed by atoms with E-state index in [-0.39, 0.29) is 0 Å². The number of aromatic carboxylic acids is 1. The number of carboxylic acids is 1. The molecule has 0 bridgehead atoms. The molecule has 8 heteroatoms. The number of carbonyl (C=O) groups excluding carboxylic acids is 1. The van der Waals surface area contributed by atoms with E-state index in [9.17, 15) is 27.2 Å². The van der Waals surface area contributed by atoms with Gasteiger partial charge in [0.25, 0.3) is 0 Å². The minimum atomic E-state index is -2.31.